The number of carbonyl (C=O) groups excluding carboxylic acids is 1. The van der Waals surface area contributed by atoms with Crippen molar-refractivity contribution in [1.29, 1.82) is 0 Å². The molecule has 0 saturated heterocycles. The lowest BCUT2D eigenvalue weighted by Gasteiger charge is -2.23. The van der Waals surface area contributed by atoms with E-state index < -0.39 is 28.6 Å². The van der Waals surface area contributed by atoms with E-state index >= 15 is 0 Å². The van der Waals surface area contributed by atoms with E-state index in [1.807, 2.05) is 0 Å². The van der Waals surface area contributed by atoms with Crippen LogP contribution in [0.5, 0.6) is 0 Å². The maximum atomic E-state index is 12.8. The lowest BCUT2D eigenvalue weighted by atomic mass is 9.87. The molecule has 1 amide bonds. The van der Waals surface area contributed by atoms with Crippen LogP contribution < -0.4 is 10.0 Å². The zero-order chi connectivity index (χ0) is 23.6. The van der Waals surface area contributed by atoms with Gasteiger partial charge in [-0.2, -0.15) is 4.72 Å². The summed E-state index contributed by atoms with van der Waals surface area (Å²) in [4.78, 5) is 12.9. The zero-order valence-corrected chi connectivity index (χ0v) is 20.8. The summed E-state index contributed by atoms with van der Waals surface area (Å²) in [7, 11) is -3.92. The van der Waals surface area contributed by atoms with E-state index in [2.05, 4.69) is 30.8 Å². The molecule has 0 aromatic heterocycles. The highest BCUT2D eigenvalue weighted by molar-refractivity contribution is 7.89. The molecule has 2 rings (SSSR count). The average molecular weight is 467 g/mol. The Hall–Kier alpha value is -1.44. The molecule has 182 valence electrons. The lowest BCUT2D eigenvalue weighted by molar-refractivity contribution is -0.124. The smallest absolute Gasteiger partial charge is 0.241 e. The van der Waals surface area contributed by atoms with Gasteiger partial charge in [0.05, 0.1) is 11.5 Å². The monoisotopic (exact) mass is 466 g/mol. The van der Waals surface area contributed by atoms with E-state index in [0.717, 1.165) is 44.1 Å². The van der Waals surface area contributed by atoms with E-state index in [1.54, 1.807) is 24.3 Å². The molecule has 1 aromatic rings. The van der Waals surface area contributed by atoms with Crippen LogP contribution >= 0.6 is 0 Å². The summed E-state index contributed by atoms with van der Waals surface area (Å²) < 4.78 is 28.0. The molecule has 7 heteroatoms. The fourth-order valence-electron chi connectivity index (χ4n) is 4.17. The van der Waals surface area contributed by atoms with Crippen molar-refractivity contribution in [3.63, 3.8) is 0 Å². The third-order valence-electron chi connectivity index (χ3n) is 6.28. The minimum absolute atomic E-state index is 0.0200. The van der Waals surface area contributed by atoms with Crippen molar-refractivity contribution in [3.05, 3.63) is 29.8 Å². The quantitative estimate of drug-likeness (QED) is 0.578. The number of carbonyl (C=O) groups is 1. The van der Waals surface area contributed by atoms with Gasteiger partial charge in [0.1, 0.15) is 6.04 Å². The third-order valence-corrected chi connectivity index (χ3v) is 7.77. The Kier molecular flexibility index (Phi) is 10.6. The van der Waals surface area contributed by atoms with Gasteiger partial charge in [-0.05, 0) is 36.0 Å². The van der Waals surface area contributed by atoms with Gasteiger partial charge in [-0.3, -0.25) is 4.79 Å². The molecular formula is C25H42N2O4S. The molecule has 0 bridgehead atoms. The minimum Gasteiger partial charge on any atom is -0.394 e. The number of sulfonamides is 1. The molecule has 1 saturated carbocycles. The van der Waals surface area contributed by atoms with Crippen molar-refractivity contribution in [2.24, 2.45) is 0 Å². The summed E-state index contributed by atoms with van der Waals surface area (Å²) in [5.74, 6) is -0.459. The number of amides is 1. The second-order valence-corrected chi connectivity index (χ2v) is 11.8. The SMILES string of the molecule is CC(C)(C)c1ccc(S(=O)(=O)N[C@@H](CO)C(=O)NC2CCCCCCCCCCC2)cc1. The molecule has 1 atom stereocenters. The van der Waals surface area contributed by atoms with Crippen LogP contribution in [0.25, 0.3) is 0 Å². The van der Waals surface area contributed by atoms with Crippen LogP contribution in [0.1, 0.15) is 97.0 Å². The highest BCUT2D eigenvalue weighted by Gasteiger charge is 2.27. The van der Waals surface area contributed by atoms with Gasteiger partial charge in [-0.25, -0.2) is 8.42 Å². The van der Waals surface area contributed by atoms with Crippen molar-refractivity contribution < 1.29 is 18.3 Å². The highest BCUT2D eigenvalue weighted by atomic mass is 32.2. The number of hydrogen-bond acceptors (Lipinski definition) is 4. The van der Waals surface area contributed by atoms with Gasteiger partial charge in [0.2, 0.25) is 15.9 Å². The molecule has 1 aromatic carbocycles. The first kappa shape index (κ1) is 26.8. The Morgan fingerprint density at radius 2 is 1.41 bits per heavy atom. The summed E-state index contributed by atoms with van der Waals surface area (Å²) in [6, 6.07) is 5.47. The van der Waals surface area contributed by atoms with Gasteiger partial charge >= 0.3 is 0 Å². The Bertz CT molecular complexity index is 788. The van der Waals surface area contributed by atoms with Crippen molar-refractivity contribution in [1.82, 2.24) is 10.0 Å². The zero-order valence-electron chi connectivity index (χ0n) is 20.0. The first-order chi connectivity index (χ1) is 15.1. The summed E-state index contributed by atoms with van der Waals surface area (Å²) in [6.07, 6.45) is 12.6. The molecule has 0 spiro atoms. The largest absolute Gasteiger partial charge is 0.394 e. The molecule has 1 fully saturated rings. The lowest BCUT2D eigenvalue weighted by Crippen LogP contribution is -2.51. The molecular weight excluding hydrogens is 424 g/mol. The summed E-state index contributed by atoms with van der Waals surface area (Å²) in [5.41, 5.74) is 0.937. The normalized spacial score (nSPS) is 18.9. The third kappa shape index (κ3) is 8.83. The van der Waals surface area contributed by atoms with Crippen LogP contribution in [-0.2, 0) is 20.2 Å². The second kappa shape index (κ2) is 12.7. The van der Waals surface area contributed by atoms with E-state index in [4.69, 9.17) is 0 Å². The number of nitrogens with one attached hydrogen (secondary N) is 2. The maximum Gasteiger partial charge on any atom is 0.241 e. The topological polar surface area (TPSA) is 95.5 Å². The maximum absolute atomic E-state index is 12.8. The minimum atomic E-state index is -3.92. The van der Waals surface area contributed by atoms with Gasteiger partial charge in [-0.1, -0.05) is 90.7 Å². The molecule has 0 unspecified atom stereocenters. The van der Waals surface area contributed by atoms with E-state index in [1.165, 1.54) is 32.1 Å². The number of rotatable bonds is 6. The average Bonchev–Trinajstić information content (AvgIpc) is 2.73. The molecule has 0 aliphatic heterocycles. The molecule has 6 nitrogen and oxygen atoms in total. The Labute approximate surface area is 194 Å². The predicted molar refractivity (Wildman–Crippen MR) is 129 cm³/mol. The van der Waals surface area contributed by atoms with Crippen LogP contribution in [0.15, 0.2) is 29.2 Å². The van der Waals surface area contributed by atoms with Crippen LogP contribution in [0, 0.1) is 0 Å². The Morgan fingerprint density at radius 3 is 1.84 bits per heavy atom. The van der Waals surface area contributed by atoms with Crippen molar-refractivity contribution in [3.8, 4) is 0 Å². The van der Waals surface area contributed by atoms with E-state index in [-0.39, 0.29) is 16.4 Å². The number of aliphatic hydroxyl groups is 1. The van der Waals surface area contributed by atoms with E-state index in [9.17, 15) is 18.3 Å². The standard InChI is InChI=1S/C25H42N2O4S/c1-25(2,3)20-15-17-22(18-16-20)32(30,31)27-23(19-28)24(29)26-21-13-11-9-7-5-4-6-8-10-12-14-21/h15-18,21,23,27-28H,4-14,19H2,1-3H3,(H,26,29)/t23-/m0/s1. The fraction of sp³-hybridized carbons (Fsp3) is 0.720. The van der Waals surface area contributed by atoms with Gasteiger partial charge in [0.15, 0.2) is 0 Å². The van der Waals surface area contributed by atoms with Crippen molar-refractivity contribution in [2.45, 2.75) is 114 Å². The predicted octanol–water partition coefficient (Wildman–Crippen LogP) is 4.41. The molecule has 0 heterocycles. The summed E-state index contributed by atoms with van der Waals surface area (Å²) >= 11 is 0. The summed E-state index contributed by atoms with van der Waals surface area (Å²) in [6.45, 7) is 5.59. The molecule has 3 N–H and O–H groups in total. The van der Waals surface area contributed by atoms with Crippen molar-refractivity contribution >= 4 is 15.9 Å². The first-order valence-corrected chi connectivity index (χ1v) is 13.7. The second-order valence-electron chi connectivity index (χ2n) is 10.1. The number of benzene rings is 1. The van der Waals surface area contributed by atoms with Crippen LogP contribution in [0.2, 0.25) is 0 Å². The van der Waals surface area contributed by atoms with Crippen LogP contribution in [0.4, 0.5) is 0 Å². The van der Waals surface area contributed by atoms with Crippen molar-refractivity contribution in [2.75, 3.05) is 6.61 Å². The van der Waals surface area contributed by atoms with Crippen LogP contribution in [0.3, 0.4) is 0 Å². The molecule has 32 heavy (non-hydrogen) atoms. The Balaban J connectivity index is 2.00. The van der Waals surface area contributed by atoms with Gasteiger partial charge in [0.25, 0.3) is 0 Å². The fourth-order valence-corrected chi connectivity index (χ4v) is 5.36. The number of aliphatic hydroxyl groups excluding tert-OH is 1. The molecule has 1 aliphatic rings. The van der Waals surface area contributed by atoms with Gasteiger partial charge in [0, 0.05) is 6.04 Å². The van der Waals surface area contributed by atoms with Gasteiger partial charge in [-0.15, -0.1) is 0 Å². The molecule has 1 aliphatic carbocycles. The summed E-state index contributed by atoms with van der Waals surface area (Å²) in [5, 5.41) is 12.7. The van der Waals surface area contributed by atoms with E-state index in [0.29, 0.717) is 0 Å². The van der Waals surface area contributed by atoms with Gasteiger partial charge < -0.3 is 10.4 Å². The number of hydrogen-bond donors (Lipinski definition) is 3. The molecule has 0 radical (unpaired) electrons. The first-order valence-electron chi connectivity index (χ1n) is 12.2. The highest BCUT2D eigenvalue weighted by Crippen LogP contribution is 2.23. The Morgan fingerprint density at radius 1 is 0.938 bits per heavy atom. The van der Waals surface area contributed by atoms with Crippen LogP contribution in [-0.4, -0.2) is 38.1 Å².